The van der Waals surface area contributed by atoms with Gasteiger partial charge in [0.2, 0.25) is 0 Å². The largest absolute Gasteiger partial charge is 0.507 e. The van der Waals surface area contributed by atoms with Crippen molar-refractivity contribution < 1.29 is 5.11 Å². The number of aromatic amines is 1. The van der Waals surface area contributed by atoms with Gasteiger partial charge in [0.25, 0.3) is 0 Å². The lowest BCUT2D eigenvalue weighted by Crippen LogP contribution is -2.21. The summed E-state index contributed by atoms with van der Waals surface area (Å²) in [5.74, 6) is 0.342. The Kier molecular flexibility index (Phi) is 2.64. The average molecular weight is 204 g/mol. The van der Waals surface area contributed by atoms with Gasteiger partial charge in [-0.05, 0) is 17.7 Å². The quantitative estimate of drug-likeness (QED) is 0.718. The van der Waals surface area contributed by atoms with E-state index in [0.29, 0.717) is 11.8 Å². The first-order valence-corrected chi connectivity index (χ1v) is 5.20. The van der Waals surface area contributed by atoms with Crippen molar-refractivity contribution in [2.45, 2.75) is 26.4 Å². The van der Waals surface area contributed by atoms with Gasteiger partial charge < -0.3 is 15.4 Å². The molecule has 0 saturated heterocycles. The maximum Gasteiger partial charge on any atom is 0.125 e. The van der Waals surface area contributed by atoms with Crippen LogP contribution in [0.1, 0.15) is 19.4 Å². The molecule has 0 spiro atoms. The Hall–Kier alpha value is -1.48. The zero-order chi connectivity index (χ0) is 10.8. The molecule has 0 radical (unpaired) electrons. The van der Waals surface area contributed by atoms with E-state index in [1.807, 2.05) is 18.3 Å². The summed E-state index contributed by atoms with van der Waals surface area (Å²) in [6, 6.07) is 5.97. The normalized spacial score (nSPS) is 11.4. The number of hydrogen-bond acceptors (Lipinski definition) is 2. The Labute approximate surface area is 89.1 Å². The monoisotopic (exact) mass is 204 g/mol. The highest BCUT2D eigenvalue weighted by Gasteiger charge is 2.07. The van der Waals surface area contributed by atoms with Crippen molar-refractivity contribution >= 4 is 10.9 Å². The van der Waals surface area contributed by atoms with E-state index in [-0.39, 0.29) is 0 Å². The van der Waals surface area contributed by atoms with Gasteiger partial charge in [-0.25, -0.2) is 0 Å². The molecule has 0 amide bonds. The second-order valence-corrected chi connectivity index (χ2v) is 4.05. The molecule has 0 bridgehead atoms. The molecular formula is C12H16N2O. The molecule has 3 heteroatoms. The second-order valence-electron chi connectivity index (χ2n) is 4.05. The van der Waals surface area contributed by atoms with Crippen LogP contribution in [0, 0.1) is 0 Å². The van der Waals surface area contributed by atoms with Crippen LogP contribution < -0.4 is 5.32 Å². The first-order chi connectivity index (χ1) is 7.18. The van der Waals surface area contributed by atoms with E-state index in [4.69, 9.17) is 0 Å². The maximum atomic E-state index is 9.76. The molecule has 2 aromatic rings. The molecule has 0 fully saturated rings. The van der Waals surface area contributed by atoms with E-state index in [1.54, 1.807) is 6.07 Å². The minimum atomic E-state index is 0.342. The van der Waals surface area contributed by atoms with Crippen LogP contribution in [-0.2, 0) is 6.54 Å². The summed E-state index contributed by atoms with van der Waals surface area (Å²) in [4.78, 5) is 3.15. The number of phenols is 1. The van der Waals surface area contributed by atoms with Crippen LogP contribution in [0.5, 0.6) is 5.75 Å². The summed E-state index contributed by atoms with van der Waals surface area (Å²) in [6.07, 6.45) is 1.94. The molecule has 0 saturated carbocycles. The van der Waals surface area contributed by atoms with E-state index in [1.165, 1.54) is 0 Å². The fourth-order valence-electron chi connectivity index (χ4n) is 1.69. The molecule has 1 aromatic heterocycles. The smallest absolute Gasteiger partial charge is 0.125 e. The minimum Gasteiger partial charge on any atom is -0.507 e. The van der Waals surface area contributed by atoms with Crippen molar-refractivity contribution in [3.8, 4) is 5.75 Å². The van der Waals surface area contributed by atoms with Gasteiger partial charge in [0, 0.05) is 29.7 Å². The third-order valence-corrected chi connectivity index (χ3v) is 2.47. The Morgan fingerprint density at radius 2 is 2.20 bits per heavy atom. The molecule has 80 valence electrons. The fourth-order valence-corrected chi connectivity index (χ4v) is 1.69. The maximum absolute atomic E-state index is 9.76. The van der Waals surface area contributed by atoms with Gasteiger partial charge >= 0.3 is 0 Å². The molecular weight excluding hydrogens is 188 g/mol. The van der Waals surface area contributed by atoms with Crippen LogP contribution in [0.2, 0.25) is 0 Å². The number of aromatic nitrogens is 1. The van der Waals surface area contributed by atoms with Gasteiger partial charge in [0.05, 0.1) is 0 Å². The van der Waals surface area contributed by atoms with Crippen LogP contribution >= 0.6 is 0 Å². The zero-order valence-electron chi connectivity index (χ0n) is 9.04. The van der Waals surface area contributed by atoms with E-state index in [0.717, 1.165) is 23.0 Å². The van der Waals surface area contributed by atoms with Crippen molar-refractivity contribution in [2.24, 2.45) is 0 Å². The number of fused-ring (bicyclic) bond motifs is 1. The summed E-state index contributed by atoms with van der Waals surface area (Å²) in [5.41, 5.74) is 2.09. The average Bonchev–Trinajstić information content (AvgIpc) is 2.59. The van der Waals surface area contributed by atoms with Gasteiger partial charge in [0.15, 0.2) is 0 Å². The summed E-state index contributed by atoms with van der Waals surface area (Å²) in [7, 11) is 0. The highest BCUT2D eigenvalue weighted by Crippen LogP contribution is 2.27. The van der Waals surface area contributed by atoms with E-state index >= 15 is 0 Å². The molecule has 1 aromatic carbocycles. The third-order valence-electron chi connectivity index (χ3n) is 2.47. The van der Waals surface area contributed by atoms with E-state index in [9.17, 15) is 5.11 Å². The topological polar surface area (TPSA) is 48.0 Å². The van der Waals surface area contributed by atoms with Crippen molar-refractivity contribution in [2.75, 3.05) is 0 Å². The van der Waals surface area contributed by atoms with E-state index in [2.05, 4.69) is 24.1 Å². The minimum absolute atomic E-state index is 0.342. The van der Waals surface area contributed by atoms with Crippen molar-refractivity contribution in [1.82, 2.24) is 10.3 Å². The molecule has 3 N–H and O–H groups in total. The van der Waals surface area contributed by atoms with Crippen LogP contribution in [0.3, 0.4) is 0 Å². The molecule has 0 aliphatic heterocycles. The molecule has 0 unspecified atom stereocenters. The number of aromatic hydroxyl groups is 1. The highest BCUT2D eigenvalue weighted by atomic mass is 16.3. The number of H-pyrrole nitrogens is 1. The Morgan fingerprint density at radius 3 is 2.93 bits per heavy atom. The Balaban J connectivity index is 2.35. The number of rotatable bonds is 3. The van der Waals surface area contributed by atoms with Crippen molar-refractivity contribution in [1.29, 1.82) is 0 Å². The lowest BCUT2D eigenvalue weighted by atomic mass is 10.1. The first-order valence-electron chi connectivity index (χ1n) is 5.20. The first kappa shape index (κ1) is 10.1. The van der Waals surface area contributed by atoms with Crippen molar-refractivity contribution in [3.05, 3.63) is 30.0 Å². The fraction of sp³-hybridized carbons (Fsp3) is 0.333. The zero-order valence-corrected chi connectivity index (χ0v) is 9.04. The molecule has 2 rings (SSSR count). The van der Waals surface area contributed by atoms with Gasteiger partial charge in [-0.3, -0.25) is 0 Å². The van der Waals surface area contributed by atoms with Gasteiger partial charge in [-0.2, -0.15) is 0 Å². The lowest BCUT2D eigenvalue weighted by molar-refractivity contribution is 0.481. The Morgan fingerprint density at radius 1 is 1.40 bits per heavy atom. The summed E-state index contributed by atoms with van der Waals surface area (Å²) in [6.45, 7) is 4.98. The molecule has 0 atom stereocenters. The van der Waals surface area contributed by atoms with Crippen LogP contribution in [0.25, 0.3) is 10.9 Å². The van der Waals surface area contributed by atoms with Gasteiger partial charge in [-0.15, -0.1) is 0 Å². The molecule has 0 aliphatic carbocycles. The van der Waals surface area contributed by atoms with Crippen LogP contribution in [0.4, 0.5) is 0 Å². The predicted molar refractivity (Wildman–Crippen MR) is 61.9 cm³/mol. The third kappa shape index (κ3) is 1.97. The SMILES string of the molecule is CC(C)NCc1c[nH]c2cccc(O)c12. The van der Waals surface area contributed by atoms with Crippen molar-refractivity contribution in [3.63, 3.8) is 0 Å². The number of phenolic OH excluding ortho intramolecular Hbond substituents is 1. The van der Waals surface area contributed by atoms with E-state index < -0.39 is 0 Å². The predicted octanol–water partition coefficient (Wildman–Crippen LogP) is 2.37. The number of hydrogen-bond donors (Lipinski definition) is 3. The Bertz CT molecular complexity index is 460. The molecule has 0 aliphatic rings. The van der Waals surface area contributed by atoms with Gasteiger partial charge in [0.1, 0.15) is 5.75 Å². The molecule has 1 heterocycles. The van der Waals surface area contributed by atoms with Crippen LogP contribution in [-0.4, -0.2) is 16.1 Å². The molecule has 15 heavy (non-hydrogen) atoms. The summed E-state index contributed by atoms with van der Waals surface area (Å²) >= 11 is 0. The molecule has 3 nitrogen and oxygen atoms in total. The summed E-state index contributed by atoms with van der Waals surface area (Å²) < 4.78 is 0. The standard InChI is InChI=1S/C12H16N2O/c1-8(2)13-6-9-7-14-10-4-3-5-11(15)12(9)10/h3-5,7-8,13-15H,6H2,1-2H3. The second kappa shape index (κ2) is 3.95. The van der Waals surface area contributed by atoms with Gasteiger partial charge in [-0.1, -0.05) is 19.9 Å². The highest BCUT2D eigenvalue weighted by molar-refractivity contribution is 5.88. The number of benzene rings is 1. The lowest BCUT2D eigenvalue weighted by Gasteiger charge is -2.07. The number of nitrogens with one attached hydrogen (secondary N) is 2. The summed E-state index contributed by atoms with van der Waals surface area (Å²) in [5, 5.41) is 14.0. The van der Waals surface area contributed by atoms with Crippen LogP contribution in [0.15, 0.2) is 24.4 Å².